The van der Waals surface area contributed by atoms with E-state index in [1.54, 1.807) is 0 Å². The van der Waals surface area contributed by atoms with E-state index in [9.17, 15) is 8.78 Å². The van der Waals surface area contributed by atoms with Crippen molar-refractivity contribution in [3.05, 3.63) is 0 Å². The number of rotatable bonds is 0. The molecule has 0 nitrogen and oxygen atoms in total. The summed E-state index contributed by atoms with van der Waals surface area (Å²) in [7, 11) is 0. The monoisotopic (exact) mass is 120 g/mol. The van der Waals surface area contributed by atoms with Gasteiger partial charge in [0.25, 0.3) is 0 Å². The second-order valence-electron chi connectivity index (χ2n) is 2.70. The molecule has 0 amide bonds. The molecule has 0 N–H and O–H groups in total. The van der Waals surface area contributed by atoms with Gasteiger partial charge in [-0.15, -0.1) is 0 Å². The minimum Gasteiger partial charge on any atom is -0.207 e. The Labute approximate surface area is 47.9 Å². The zero-order valence-electron chi connectivity index (χ0n) is 4.95. The SMILES string of the molecule is C[C@H]1CCC(F)(F)C1. The normalized spacial score (nSPS) is 35.6. The van der Waals surface area contributed by atoms with Crippen LogP contribution in [-0.4, -0.2) is 5.92 Å². The third-order valence-corrected chi connectivity index (χ3v) is 1.65. The number of alkyl halides is 2. The Morgan fingerprint density at radius 3 is 2.25 bits per heavy atom. The van der Waals surface area contributed by atoms with Gasteiger partial charge in [0.05, 0.1) is 0 Å². The summed E-state index contributed by atoms with van der Waals surface area (Å²) in [6, 6.07) is 0. The molecule has 1 aliphatic carbocycles. The topological polar surface area (TPSA) is 0 Å². The van der Waals surface area contributed by atoms with E-state index in [2.05, 4.69) is 0 Å². The Bertz CT molecular complexity index is 88.5. The van der Waals surface area contributed by atoms with E-state index in [1.165, 1.54) is 0 Å². The fourth-order valence-electron chi connectivity index (χ4n) is 1.17. The molecule has 2 heteroatoms. The van der Waals surface area contributed by atoms with Gasteiger partial charge < -0.3 is 0 Å². The fourth-order valence-corrected chi connectivity index (χ4v) is 1.17. The minimum atomic E-state index is -2.33. The average molecular weight is 120 g/mol. The van der Waals surface area contributed by atoms with Gasteiger partial charge in [-0.05, 0) is 12.3 Å². The van der Waals surface area contributed by atoms with E-state index >= 15 is 0 Å². The van der Waals surface area contributed by atoms with Crippen LogP contribution in [0.25, 0.3) is 0 Å². The zero-order valence-corrected chi connectivity index (χ0v) is 4.95. The Hall–Kier alpha value is -0.140. The molecule has 48 valence electrons. The van der Waals surface area contributed by atoms with Crippen molar-refractivity contribution < 1.29 is 8.78 Å². The van der Waals surface area contributed by atoms with E-state index in [1.807, 2.05) is 6.92 Å². The average Bonchev–Trinajstić information content (AvgIpc) is 1.82. The highest BCUT2D eigenvalue weighted by Crippen LogP contribution is 2.38. The van der Waals surface area contributed by atoms with E-state index in [0.29, 0.717) is 6.42 Å². The maximum Gasteiger partial charge on any atom is 0.248 e. The molecule has 1 saturated carbocycles. The van der Waals surface area contributed by atoms with Crippen LogP contribution in [0.5, 0.6) is 0 Å². The lowest BCUT2D eigenvalue weighted by Gasteiger charge is -2.04. The third kappa shape index (κ3) is 1.17. The van der Waals surface area contributed by atoms with Gasteiger partial charge in [-0.2, -0.15) is 0 Å². The molecule has 0 radical (unpaired) electrons. The molecule has 1 aliphatic rings. The molecule has 0 spiro atoms. The molecule has 0 bridgehead atoms. The Morgan fingerprint density at radius 2 is 2.12 bits per heavy atom. The molecule has 0 aromatic carbocycles. The predicted octanol–water partition coefficient (Wildman–Crippen LogP) is 2.44. The van der Waals surface area contributed by atoms with E-state index in [4.69, 9.17) is 0 Å². The quantitative estimate of drug-likeness (QED) is 0.460. The number of hydrogen-bond acceptors (Lipinski definition) is 0. The molecule has 1 rings (SSSR count). The van der Waals surface area contributed by atoms with Crippen LogP contribution >= 0.6 is 0 Å². The van der Waals surface area contributed by atoms with Crippen molar-refractivity contribution in [2.45, 2.75) is 32.1 Å². The maximum atomic E-state index is 12.2. The lowest BCUT2D eigenvalue weighted by molar-refractivity contribution is 0.00580. The molecule has 0 aromatic rings. The highest BCUT2D eigenvalue weighted by Gasteiger charge is 2.36. The maximum absolute atomic E-state index is 12.2. The van der Waals surface area contributed by atoms with Gasteiger partial charge in [0, 0.05) is 12.8 Å². The standard InChI is InChI=1S/C6H10F2/c1-5-2-3-6(7,8)4-5/h5H,2-4H2,1H3/t5-/m0/s1. The van der Waals surface area contributed by atoms with Crippen LogP contribution in [-0.2, 0) is 0 Å². The van der Waals surface area contributed by atoms with Gasteiger partial charge >= 0.3 is 0 Å². The molecule has 1 fully saturated rings. The zero-order chi connectivity index (χ0) is 6.20. The molecule has 0 saturated heterocycles. The first-order valence-corrected chi connectivity index (χ1v) is 2.98. The summed E-state index contributed by atoms with van der Waals surface area (Å²) in [6.45, 7) is 1.88. The summed E-state index contributed by atoms with van der Waals surface area (Å²) >= 11 is 0. The molecular weight excluding hydrogens is 110 g/mol. The first kappa shape index (κ1) is 5.99. The fraction of sp³-hybridized carbons (Fsp3) is 1.00. The molecular formula is C6H10F2. The van der Waals surface area contributed by atoms with Crippen molar-refractivity contribution in [2.75, 3.05) is 0 Å². The van der Waals surface area contributed by atoms with Crippen molar-refractivity contribution in [1.29, 1.82) is 0 Å². The van der Waals surface area contributed by atoms with Crippen LogP contribution in [0.1, 0.15) is 26.2 Å². The molecule has 8 heavy (non-hydrogen) atoms. The summed E-state index contributed by atoms with van der Waals surface area (Å²) in [5.74, 6) is -2.09. The van der Waals surface area contributed by atoms with Gasteiger partial charge in [-0.3, -0.25) is 0 Å². The number of hydrogen-bond donors (Lipinski definition) is 0. The van der Waals surface area contributed by atoms with Crippen LogP contribution in [0.3, 0.4) is 0 Å². The second-order valence-corrected chi connectivity index (χ2v) is 2.70. The van der Waals surface area contributed by atoms with Crippen molar-refractivity contribution in [3.63, 3.8) is 0 Å². The molecule has 0 heterocycles. The third-order valence-electron chi connectivity index (χ3n) is 1.65. The summed E-state index contributed by atoms with van der Waals surface area (Å²) < 4.78 is 24.4. The molecule has 0 unspecified atom stereocenters. The first-order valence-electron chi connectivity index (χ1n) is 2.98. The molecule has 0 aromatic heterocycles. The lowest BCUT2D eigenvalue weighted by atomic mass is 10.1. The van der Waals surface area contributed by atoms with E-state index in [-0.39, 0.29) is 18.8 Å². The summed E-state index contributed by atoms with van der Waals surface area (Å²) in [6.07, 6.45) is 0.911. The van der Waals surface area contributed by atoms with Crippen molar-refractivity contribution in [1.82, 2.24) is 0 Å². The Kier molecular flexibility index (Phi) is 1.25. The van der Waals surface area contributed by atoms with E-state index < -0.39 is 5.92 Å². The van der Waals surface area contributed by atoms with Crippen LogP contribution < -0.4 is 0 Å². The second kappa shape index (κ2) is 1.67. The highest BCUT2D eigenvalue weighted by atomic mass is 19.3. The summed E-state index contributed by atoms with van der Waals surface area (Å²) in [5, 5.41) is 0. The first-order chi connectivity index (χ1) is 3.60. The smallest absolute Gasteiger partial charge is 0.207 e. The largest absolute Gasteiger partial charge is 0.248 e. The van der Waals surface area contributed by atoms with Crippen LogP contribution in [0.15, 0.2) is 0 Å². The van der Waals surface area contributed by atoms with Crippen molar-refractivity contribution in [3.8, 4) is 0 Å². The molecule has 1 atom stereocenters. The van der Waals surface area contributed by atoms with E-state index in [0.717, 1.165) is 0 Å². The van der Waals surface area contributed by atoms with Gasteiger partial charge in [0.15, 0.2) is 0 Å². The number of halogens is 2. The summed E-state index contributed by atoms with van der Waals surface area (Å²) in [4.78, 5) is 0. The Balaban J connectivity index is 2.44. The van der Waals surface area contributed by atoms with Gasteiger partial charge in [0.2, 0.25) is 5.92 Å². The van der Waals surface area contributed by atoms with Gasteiger partial charge in [0.1, 0.15) is 0 Å². The molecule has 0 aliphatic heterocycles. The van der Waals surface area contributed by atoms with Crippen molar-refractivity contribution in [2.24, 2.45) is 5.92 Å². The van der Waals surface area contributed by atoms with Crippen LogP contribution in [0.4, 0.5) is 8.78 Å². The highest BCUT2D eigenvalue weighted by molar-refractivity contribution is 4.78. The van der Waals surface area contributed by atoms with Gasteiger partial charge in [-0.25, -0.2) is 8.78 Å². The van der Waals surface area contributed by atoms with Crippen LogP contribution in [0, 0.1) is 5.92 Å². The summed E-state index contributed by atoms with van der Waals surface area (Å²) in [5.41, 5.74) is 0. The Morgan fingerprint density at radius 1 is 1.50 bits per heavy atom. The predicted molar refractivity (Wildman–Crippen MR) is 28.0 cm³/mol. The minimum absolute atomic E-state index is 0.104. The lowest BCUT2D eigenvalue weighted by Crippen LogP contribution is -2.08. The van der Waals surface area contributed by atoms with Crippen molar-refractivity contribution >= 4 is 0 Å². The van der Waals surface area contributed by atoms with Crippen LogP contribution in [0.2, 0.25) is 0 Å². The van der Waals surface area contributed by atoms with Gasteiger partial charge in [-0.1, -0.05) is 6.92 Å².